The van der Waals surface area contributed by atoms with Gasteiger partial charge < -0.3 is 10.1 Å². The average Bonchev–Trinajstić information content (AvgIpc) is 3.29. The average molecular weight is 414 g/mol. The van der Waals surface area contributed by atoms with Crippen molar-refractivity contribution in [2.45, 2.75) is 13.0 Å². The molecule has 1 aliphatic heterocycles. The molecule has 4 rings (SSSR count). The minimum atomic E-state index is -2.96. The predicted molar refractivity (Wildman–Crippen MR) is 109 cm³/mol. The number of aromatic amines is 1. The van der Waals surface area contributed by atoms with Gasteiger partial charge >= 0.3 is 0 Å². The van der Waals surface area contributed by atoms with E-state index in [-0.39, 0.29) is 23.3 Å². The van der Waals surface area contributed by atoms with Crippen molar-refractivity contribution in [3.8, 4) is 11.1 Å². The van der Waals surface area contributed by atoms with Crippen molar-refractivity contribution in [1.82, 2.24) is 20.5 Å². The molecule has 0 bridgehead atoms. The summed E-state index contributed by atoms with van der Waals surface area (Å²) in [6.07, 6.45) is 4.10. The first kappa shape index (κ1) is 19.5. The fourth-order valence-electron chi connectivity index (χ4n) is 3.61. The lowest BCUT2D eigenvalue weighted by molar-refractivity contribution is 0.0945. The van der Waals surface area contributed by atoms with Gasteiger partial charge in [-0.05, 0) is 41.7 Å². The second kappa shape index (κ2) is 7.92. The van der Waals surface area contributed by atoms with Crippen LogP contribution in [-0.2, 0) is 21.2 Å². The van der Waals surface area contributed by atoms with Crippen LogP contribution in [0.25, 0.3) is 22.0 Å². The molecule has 1 saturated heterocycles. The molecule has 8 nitrogen and oxygen atoms in total. The second-order valence-electron chi connectivity index (χ2n) is 7.33. The Morgan fingerprint density at radius 2 is 2.14 bits per heavy atom. The van der Waals surface area contributed by atoms with Gasteiger partial charge in [-0.15, -0.1) is 0 Å². The zero-order valence-corrected chi connectivity index (χ0v) is 16.8. The fraction of sp³-hybridized carbons (Fsp3) is 0.350. The number of H-pyrrole nitrogens is 1. The smallest absolute Gasteiger partial charge is 0.272 e. The normalized spacial score (nSPS) is 18.2. The minimum absolute atomic E-state index is 0.0423. The lowest BCUT2D eigenvalue weighted by atomic mass is 10.0. The predicted octanol–water partition coefficient (Wildman–Crippen LogP) is 1.94. The fourth-order valence-corrected chi connectivity index (χ4v) is 5.47. The molecule has 3 aromatic rings. The number of nitrogens with zero attached hydrogens (tertiary/aromatic N) is 2. The summed E-state index contributed by atoms with van der Waals surface area (Å²) >= 11 is 0. The van der Waals surface area contributed by atoms with Crippen molar-refractivity contribution in [1.29, 1.82) is 0 Å². The number of fused-ring (bicyclic) bond motifs is 1. The van der Waals surface area contributed by atoms with Crippen LogP contribution in [0.4, 0.5) is 0 Å². The van der Waals surface area contributed by atoms with Gasteiger partial charge in [-0.25, -0.2) is 8.42 Å². The number of nitrogens with one attached hydrogen (secondary N) is 2. The van der Waals surface area contributed by atoms with E-state index in [2.05, 4.69) is 20.5 Å². The van der Waals surface area contributed by atoms with Crippen LogP contribution in [0.1, 0.15) is 22.5 Å². The van der Waals surface area contributed by atoms with Crippen molar-refractivity contribution in [3.05, 3.63) is 47.9 Å². The summed E-state index contributed by atoms with van der Waals surface area (Å²) in [5, 5.41) is 10.6. The Labute approximate surface area is 168 Å². The van der Waals surface area contributed by atoms with Crippen LogP contribution < -0.4 is 5.32 Å². The van der Waals surface area contributed by atoms with E-state index in [1.807, 2.05) is 24.3 Å². The highest BCUT2D eigenvalue weighted by Crippen LogP contribution is 2.26. The third-order valence-corrected chi connectivity index (χ3v) is 6.93. The molecule has 0 aliphatic carbocycles. The van der Waals surface area contributed by atoms with Crippen LogP contribution in [0.3, 0.4) is 0 Å². The van der Waals surface area contributed by atoms with E-state index in [1.54, 1.807) is 19.5 Å². The molecule has 0 saturated carbocycles. The summed E-state index contributed by atoms with van der Waals surface area (Å²) in [4.78, 5) is 16.9. The topological polar surface area (TPSA) is 114 Å². The van der Waals surface area contributed by atoms with Gasteiger partial charge in [0.15, 0.2) is 15.5 Å². The van der Waals surface area contributed by atoms with E-state index in [4.69, 9.17) is 4.74 Å². The van der Waals surface area contributed by atoms with Crippen LogP contribution in [0.5, 0.6) is 0 Å². The van der Waals surface area contributed by atoms with Crippen LogP contribution in [0.15, 0.2) is 36.7 Å². The van der Waals surface area contributed by atoms with E-state index in [0.29, 0.717) is 30.7 Å². The molecule has 0 spiro atoms. The third kappa shape index (κ3) is 4.30. The number of hydrogen-bond donors (Lipinski definition) is 2. The Bertz CT molecular complexity index is 1160. The number of amides is 1. The van der Waals surface area contributed by atoms with Gasteiger partial charge in [0.2, 0.25) is 0 Å². The summed E-state index contributed by atoms with van der Waals surface area (Å²) in [6.45, 7) is 0.800. The molecule has 1 fully saturated rings. The quantitative estimate of drug-likeness (QED) is 0.637. The van der Waals surface area contributed by atoms with E-state index in [0.717, 1.165) is 22.2 Å². The second-order valence-corrected chi connectivity index (χ2v) is 9.56. The summed E-state index contributed by atoms with van der Waals surface area (Å²) in [6, 6.07) is 7.72. The number of pyridine rings is 1. The van der Waals surface area contributed by atoms with Crippen molar-refractivity contribution in [2.24, 2.45) is 5.92 Å². The molecule has 1 atom stereocenters. The molecule has 2 aromatic heterocycles. The van der Waals surface area contributed by atoms with Gasteiger partial charge in [-0.1, -0.05) is 6.07 Å². The molecule has 9 heteroatoms. The van der Waals surface area contributed by atoms with Gasteiger partial charge in [-0.3, -0.25) is 14.9 Å². The summed E-state index contributed by atoms with van der Waals surface area (Å²) in [5.41, 5.74) is 3.85. The molecule has 0 radical (unpaired) electrons. The maximum atomic E-state index is 12.7. The molecule has 1 aliphatic rings. The van der Waals surface area contributed by atoms with Gasteiger partial charge in [0, 0.05) is 37.0 Å². The lowest BCUT2D eigenvalue weighted by Crippen LogP contribution is -2.30. The van der Waals surface area contributed by atoms with Crippen LogP contribution in [0, 0.1) is 5.92 Å². The standard InChI is InChI=1S/C20H22N4O4S/c1-28-11-14-6-16(10-21-8-14)15-2-3-18-17(7-15)19(24-23-18)20(25)22-9-13-4-5-29(26,27)12-13/h2-3,6-8,10,13H,4-5,9,11-12H2,1H3,(H,22,25)(H,23,24). The maximum absolute atomic E-state index is 12.7. The summed E-state index contributed by atoms with van der Waals surface area (Å²) in [5.74, 6) is -0.0367. The number of benzene rings is 1. The largest absolute Gasteiger partial charge is 0.380 e. The molecule has 152 valence electrons. The van der Waals surface area contributed by atoms with Crippen molar-refractivity contribution in [2.75, 3.05) is 25.2 Å². The molecule has 1 unspecified atom stereocenters. The molecule has 2 N–H and O–H groups in total. The Kier molecular flexibility index (Phi) is 5.33. The van der Waals surface area contributed by atoms with E-state index >= 15 is 0 Å². The number of aromatic nitrogens is 3. The van der Waals surface area contributed by atoms with Crippen molar-refractivity contribution in [3.63, 3.8) is 0 Å². The molecule has 1 amide bonds. The highest BCUT2D eigenvalue weighted by atomic mass is 32.2. The first-order chi connectivity index (χ1) is 13.9. The van der Waals surface area contributed by atoms with E-state index < -0.39 is 9.84 Å². The number of carbonyl (C=O) groups excluding carboxylic acids is 1. The maximum Gasteiger partial charge on any atom is 0.272 e. The number of methoxy groups -OCH3 is 1. The zero-order chi connectivity index (χ0) is 20.4. The minimum Gasteiger partial charge on any atom is -0.380 e. The van der Waals surface area contributed by atoms with Gasteiger partial charge in [-0.2, -0.15) is 5.10 Å². The third-order valence-electron chi connectivity index (χ3n) is 5.10. The Morgan fingerprint density at radius 1 is 1.28 bits per heavy atom. The van der Waals surface area contributed by atoms with Gasteiger partial charge in [0.25, 0.3) is 5.91 Å². The monoisotopic (exact) mass is 414 g/mol. The SMILES string of the molecule is COCc1cncc(-c2ccc3[nH]nc(C(=O)NCC4CCS(=O)(=O)C4)c3c2)c1. The van der Waals surface area contributed by atoms with Gasteiger partial charge in [0.05, 0.1) is 23.6 Å². The number of carbonyl (C=O) groups is 1. The highest BCUT2D eigenvalue weighted by Gasteiger charge is 2.28. The van der Waals surface area contributed by atoms with Crippen molar-refractivity contribution >= 4 is 26.6 Å². The first-order valence-corrected chi connectivity index (χ1v) is 11.2. The number of rotatable bonds is 6. The zero-order valence-electron chi connectivity index (χ0n) is 16.0. The Hall–Kier alpha value is -2.78. The molecular weight excluding hydrogens is 392 g/mol. The van der Waals surface area contributed by atoms with Crippen molar-refractivity contribution < 1.29 is 17.9 Å². The van der Waals surface area contributed by atoms with Crippen LogP contribution >= 0.6 is 0 Å². The first-order valence-electron chi connectivity index (χ1n) is 9.35. The Morgan fingerprint density at radius 3 is 2.90 bits per heavy atom. The number of sulfone groups is 1. The van der Waals surface area contributed by atoms with Gasteiger partial charge in [0.1, 0.15) is 0 Å². The molecule has 1 aromatic carbocycles. The number of hydrogen-bond acceptors (Lipinski definition) is 6. The van der Waals surface area contributed by atoms with Crippen LogP contribution in [-0.4, -0.2) is 54.7 Å². The van der Waals surface area contributed by atoms with E-state index in [9.17, 15) is 13.2 Å². The van der Waals surface area contributed by atoms with Crippen LogP contribution in [0.2, 0.25) is 0 Å². The molecule has 29 heavy (non-hydrogen) atoms. The summed E-state index contributed by atoms with van der Waals surface area (Å²) < 4.78 is 28.3. The lowest BCUT2D eigenvalue weighted by Gasteiger charge is -2.09. The highest BCUT2D eigenvalue weighted by molar-refractivity contribution is 7.91. The molecular formula is C20H22N4O4S. The Balaban J connectivity index is 1.55. The molecule has 3 heterocycles. The number of ether oxygens (including phenoxy) is 1. The van der Waals surface area contributed by atoms with E-state index in [1.165, 1.54) is 0 Å². The summed E-state index contributed by atoms with van der Waals surface area (Å²) in [7, 11) is -1.33.